The Balaban J connectivity index is 1.89. The van der Waals surface area contributed by atoms with Crippen LogP contribution in [0.2, 0.25) is 0 Å². The van der Waals surface area contributed by atoms with Crippen LogP contribution in [0.1, 0.15) is 11.1 Å². The normalized spacial score (nSPS) is 15.4. The molecule has 0 aliphatic carbocycles. The number of nitrogens with one attached hydrogen (secondary N) is 2. The van der Waals surface area contributed by atoms with Gasteiger partial charge in [0, 0.05) is 10.0 Å². The van der Waals surface area contributed by atoms with Crippen molar-refractivity contribution in [1.82, 2.24) is 5.32 Å². The van der Waals surface area contributed by atoms with Crippen LogP contribution in [0.4, 0.5) is 0 Å². The SMILES string of the molecule is COc1cccc(/C=C2\SC(=N)NC2=O)c1OCc1ccc(Br)cc1. The molecule has 1 aliphatic heterocycles. The molecular weight excluding hydrogens is 404 g/mol. The summed E-state index contributed by atoms with van der Waals surface area (Å²) in [7, 11) is 1.57. The van der Waals surface area contributed by atoms with Gasteiger partial charge < -0.3 is 14.8 Å². The van der Waals surface area contributed by atoms with Gasteiger partial charge in [0.15, 0.2) is 16.7 Å². The van der Waals surface area contributed by atoms with Gasteiger partial charge in [-0.05, 0) is 41.6 Å². The molecule has 0 radical (unpaired) electrons. The highest BCUT2D eigenvalue weighted by Crippen LogP contribution is 2.35. The van der Waals surface area contributed by atoms with Gasteiger partial charge >= 0.3 is 0 Å². The molecule has 1 fully saturated rings. The van der Waals surface area contributed by atoms with Gasteiger partial charge in [-0.15, -0.1) is 0 Å². The van der Waals surface area contributed by atoms with Gasteiger partial charge in [-0.3, -0.25) is 10.2 Å². The van der Waals surface area contributed by atoms with Gasteiger partial charge in [-0.2, -0.15) is 0 Å². The molecule has 1 saturated heterocycles. The summed E-state index contributed by atoms with van der Waals surface area (Å²) in [5.74, 6) is 0.869. The monoisotopic (exact) mass is 418 g/mol. The molecule has 2 aromatic carbocycles. The van der Waals surface area contributed by atoms with Crippen LogP contribution in [0.25, 0.3) is 6.08 Å². The van der Waals surface area contributed by atoms with Gasteiger partial charge in [0.1, 0.15) is 6.61 Å². The summed E-state index contributed by atoms with van der Waals surface area (Å²) in [6.07, 6.45) is 1.71. The second kappa shape index (κ2) is 7.76. The highest BCUT2D eigenvalue weighted by molar-refractivity contribution is 9.10. The first-order chi connectivity index (χ1) is 12.1. The van der Waals surface area contributed by atoms with Crippen LogP contribution in [0.5, 0.6) is 11.5 Å². The topological polar surface area (TPSA) is 71.4 Å². The van der Waals surface area contributed by atoms with Crippen LogP contribution in [-0.2, 0) is 11.4 Å². The Morgan fingerprint density at radius 1 is 1.24 bits per heavy atom. The summed E-state index contributed by atoms with van der Waals surface area (Å²) in [6, 6.07) is 13.3. The molecule has 2 aromatic rings. The van der Waals surface area contributed by atoms with Gasteiger partial charge in [0.2, 0.25) is 0 Å². The Morgan fingerprint density at radius 2 is 2.00 bits per heavy atom. The maximum Gasteiger partial charge on any atom is 0.264 e. The molecule has 0 unspecified atom stereocenters. The first kappa shape index (κ1) is 17.6. The molecular formula is C18H15BrN2O3S. The first-order valence-electron chi connectivity index (χ1n) is 7.40. The summed E-state index contributed by atoms with van der Waals surface area (Å²) in [4.78, 5) is 12.3. The van der Waals surface area contributed by atoms with E-state index in [2.05, 4.69) is 21.2 Å². The number of halogens is 1. The Labute approximate surface area is 158 Å². The zero-order valence-corrected chi connectivity index (χ0v) is 15.7. The molecule has 0 saturated carbocycles. The molecule has 7 heteroatoms. The summed E-state index contributed by atoms with van der Waals surface area (Å²) < 4.78 is 12.4. The Hall–Kier alpha value is -2.25. The number of rotatable bonds is 5. The first-order valence-corrected chi connectivity index (χ1v) is 9.01. The summed E-state index contributed by atoms with van der Waals surface area (Å²) in [5, 5.41) is 10.1. The number of methoxy groups -OCH3 is 1. The van der Waals surface area contributed by atoms with Crippen molar-refractivity contribution in [3.05, 3.63) is 63.0 Å². The fourth-order valence-electron chi connectivity index (χ4n) is 2.28. The van der Waals surface area contributed by atoms with E-state index in [0.717, 1.165) is 27.4 Å². The van der Waals surface area contributed by atoms with Gasteiger partial charge in [0.05, 0.1) is 12.0 Å². The Bertz CT molecular complexity index is 850. The van der Waals surface area contributed by atoms with Gasteiger partial charge in [-0.25, -0.2) is 0 Å². The molecule has 0 aromatic heterocycles. The number of ether oxygens (including phenoxy) is 2. The third-order valence-corrected chi connectivity index (χ3v) is 4.83. The van der Waals surface area contributed by atoms with E-state index in [1.54, 1.807) is 13.2 Å². The van der Waals surface area contributed by atoms with E-state index < -0.39 is 0 Å². The van der Waals surface area contributed by atoms with Crippen molar-refractivity contribution in [2.45, 2.75) is 6.61 Å². The fraction of sp³-hybridized carbons (Fsp3) is 0.111. The fourth-order valence-corrected chi connectivity index (χ4v) is 3.24. The highest BCUT2D eigenvalue weighted by Gasteiger charge is 2.23. The number of para-hydroxylation sites is 1. The summed E-state index contributed by atoms with van der Waals surface area (Å²) in [5.41, 5.74) is 1.74. The van der Waals surface area contributed by atoms with E-state index in [4.69, 9.17) is 14.9 Å². The number of amides is 1. The van der Waals surface area contributed by atoms with Crippen LogP contribution in [0, 0.1) is 5.41 Å². The maximum absolute atomic E-state index is 11.8. The number of thioether (sulfide) groups is 1. The van der Waals surface area contributed by atoms with Crippen molar-refractivity contribution in [1.29, 1.82) is 5.41 Å². The van der Waals surface area contributed by atoms with Crippen LogP contribution in [0.3, 0.4) is 0 Å². The van der Waals surface area contributed by atoms with Crippen molar-refractivity contribution < 1.29 is 14.3 Å². The quantitative estimate of drug-likeness (QED) is 0.714. The van der Waals surface area contributed by atoms with Crippen molar-refractivity contribution >= 4 is 44.8 Å². The van der Waals surface area contributed by atoms with E-state index in [9.17, 15) is 4.79 Å². The Morgan fingerprint density at radius 3 is 2.64 bits per heavy atom. The van der Waals surface area contributed by atoms with Crippen molar-refractivity contribution in [3.8, 4) is 11.5 Å². The highest BCUT2D eigenvalue weighted by atomic mass is 79.9. The van der Waals surface area contributed by atoms with Crippen molar-refractivity contribution in [2.75, 3.05) is 7.11 Å². The Kier molecular flexibility index (Phi) is 5.45. The minimum Gasteiger partial charge on any atom is -0.493 e. The molecule has 5 nitrogen and oxygen atoms in total. The molecule has 2 N–H and O–H groups in total. The maximum atomic E-state index is 11.8. The zero-order valence-electron chi connectivity index (χ0n) is 13.3. The molecule has 25 heavy (non-hydrogen) atoms. The number of hydrogen-bond donors (Lipinski definition) is 2. The molecule has 1 amide bonds. The number of amidine groups is 1. The average Bonchev–Trinajstić information content (AvgIpc) is 2.92. The summed E-state index contributed by atoms with van der Waals surface area (Å²) in [6.45, 7) is 0.374. The molecule has 0 spiro atoms. The third-order valence-electron chi connectivity index (χ3n) is 3.48. The van der Waals surface area contributed by atoms with E-state index in [1.807, 2.05) is 42.5 Å². The van der Waals surface area contributed by atoms with Gasteiger partial charge in [-0.1, -0.05) is 40.2 Å². The van der Waals surface area contributed by atoms with Crippen LogP contribution in [0.15, 0.2) is 51.8 Å². The second-order valence-corrected chi connectivity index (χ2v) is 7.16. The van der Waals surface area contributed by atoms with Crippen LogP contribution in [-0.4, -0.2) is 18.2 Å². The lowest BCUT2D eigenvalue weighted by Gasteiger charge is -2.14. The molecule has 1 aliphatic rings. The largest absolute Gasteiger partial charge is 0.493 e. The standard InChI is InChI=1S/C18H15BrN2O3S/c1-23-14-4-2-3-12(9-15-17(22)21-18(20)25-15)16(14)24-10-11-5-7-13(19)8-6-11/h2-9H,10H2,1H3,(H2,20,21,22)/b15-9-. The predicted molar refractivity (Wildman–Crippen MR) is 103 cm³/mol. The lowest BCUT2D eigenvalue weighted by Crippen LogP contribution is -2.18. The van der Waals surface area contributed by atoms with E-state index in [0.29, 0.717) is 23.0 Å². The molecule has 128 valence electrons. The van der Waals surface area contributed by atoms with Crippen molar-refractivity contribution in [3.63, 3.8) is 0 Å². The van der Waals surface area contributed by atoms with E-state index >= 15 is 0 Å². The molecule has 0 atom stereocenters. The summed E-state index contributed by atoms with van der Waals surface area (Å²) >= 11 is 4.50. The van der Waals surface area contributed by atoms with Gasteiger partial charge in [0.25, 0.3) is 5.91 Å². The predicted octanol–water partition coefficient (Wildman–Crippen LogP) is 4.18. The zero-order chi connectivity index (χ0) is 17.8. The molecule has 1 heterocycles. The smallest absolute Gasteiger partial charge is 0.264 e. The van der Waals surface area contributed by atoms with Crippen molar-refractivity contribution in [2.24, 2.45) is 0 Å². The molecule has 0 bridgehead atoms. The van der Waals surface area contributed by atoms with Crippen LogP contribution >= 0.6 is 27.7 Å². The molecule has 3 rings (SSSR count). The number of benzene rings is 2. The third kappa shape index (κ3) is 4.24. The number of carbonyl (C=O) groups is 1. The second-order valence-electron chi connectivity index (χ2n) is 5.19. The van der Waals surface area contributed by atoms with Crippen LogP contribution < -0.4 is 14.8 Å². The minimum atomic E-state index is -0.281. The number of carbonyl (C=O) groups excluding carboxylic acids is 1. The number of hydrogen-bond acceptors (Lipinski definition) is 5. The minimum absolute atomic E-state index is 0.122. The lowest BCUT2D eigenvalue weighted by molar-refractivity contribution is -0.115. The van der Waals surface area contributed by atoms with E-state index in [1.165, 1.54) is 0 Å². The average molecular weight is 419 g/mol. The lowest BCUT2D eigenvalue weighted by atomic mass is 10.1. The van der Waals surface area contributed by atoms with E-state index in [-0.39, 0.29) is 11.1 Å².